The summed E-state index contributed by atoms with van der Waals surface area (Å²) >= 11 is 0. The lowest BCUT2D eigenvalue weighted by atomic mass is 10.1. The second-order valence-electron chi connectivity index (χ2n) is 6.07. The largest absolute Gasteiger partial charge is 0.372 e. The molecule has 2 aromatic rings. The van der Waals surface area contributed by atoms with Crippen molar-refractivity contribution in [1.82, 2.24) is 0 Å². The van der Waals surface area contributed by atoms with Crippen molar-refractivity contribution >= 4 is 28.9 Å². The summed E-state index contributed by atoms with van der Waals surface area (Å²) in [5.74, 6) is -2.84. The fourth-order valence-corrected chi connectivity index (χ4v) is 2.70. The van der Waals surface area contributed by atoms with Gasteiger partial charge in [-0.05, 0) is 56.7 Å². The number of carbonyl (C=O) groups is 2. The van der Waals surface area contributed by atoms with Crippen molar-refractivity contribution in [2.45, 2.75) is 27.2 Å². The molecule has 144 valence electrons. The Kier molecular flexibility index (Phi) is 6.87. The van der Waals surface area contributed by atoms with Crippen LogP contribution in [0.1, 0.15) is 25.8 Å². The summed E-state index contributed by atoms with van der Waals surface area (Å²) in [6.45, 7) is 7.76. The first-order chi connectivity index (χ1) is 12.8. The van der Waals surface area contributed by atoms with Gasteiger partial charge in [-0.2, -0.15) is 0 Å². The minimum atomic E-state index is -0.897. The van der Waals surface area contributed by atoms with E-state index in [2.05, 4.69) is 29.4 Å². The topological polar surface area (TPSA) is 61.4 Å². The first kappa shape index (κ1) is 20.4. The standard InChI is InChI=1S/C20H23F2N3O2/c1-4-25(5-2)15-7-9-17(13(3)10-15)23-19(26)12-20(27)24-18-8-6-14(21)11-16(18)22/h6-11H,4-5,12H2,1-3H3,(H,23,26)(H,24,27). The zero-order chi connectivity index (χ0) is 20.0. The summed E-state index contributed by atoms with van der Waals surface area (Å²) in [6.07, 6.45) is -0.478. The van der Waals surface area contributed by atoms with Crippen LogP contribution in [0.25, 0.3) is 0 Å². The molecule has 0 radical (unpaired) electrons. The third kappa shape index (κ3) is 5.51. The predicted molar refractivity (Wildman–Crippen MR) is 103 cm³/mol. The first-order valence-electron chi connectivity index (χ1n) is 8.74. The molecule has 0 unspecified atom stereocenters. The third-order valence-electron chi connectivity index (χ3n) is 4.14. The molecule has 0 spiro atoms. The molecule has 0 aromatic heterocycles. The highest BCUT2D eigenvalue weighted by molar-refractivity contribution is 6.08. The van der Waals surface area contributed by atoms with E-state index in [1.807, 2.05) is 19.1 Å². The summed E-state index contributed by atoms with van der Waals surface area (Å²) in [6, 6.07) is 8.46. The van der Waals surface area contributed by atoms with Gasteiger partial charge < -0.3 is 15.5 Å². The van der Waals surface area contributed by atoms with E-state index in [0.717, 1.165) is 36.5 Å². The Morgan fingerprint density at radius 2 is 1.52 bits per heavy atom. The fourth-order valence-electron chi connectivity index (χ4n) is 2.70. The molecule has 0 saturated heterocycles. The summed E-state index contributed by atoms with van der Waals surface area (Å²) in [5.41, 5.74) is 2.36. The summed E-state index contributed by atoms with van der Waals surface area (Å²) in [4.78, 5) is 26.2. The van der Waals surface area contributed by atoms with Crippen LogP contribution in [0.15, 0.2) is 36.4 Å². The average Bonchev–Trinajstić information content (AvgIpc) is 2.60. The summed E-state index contributed by atoms with van der Waals surface area (Å²) < 4.78 is 26.4. The van der Waals surface area contributed by atoms with Gasteiger partial charge in [0.2, 0.25) is 11.8 Å². The van der Waals surface area contributed by atoms with Gasteiger partial charge in [0.05, 0.1) is 5.69 Å². The summed E-state index contributed by atoms with van der Waals surface area (Å²) in [7, 11) is 0. The van der Waals surface area contributed by atoms with Crippen LogP contribution in [0.4, 0.5) is 25.8 Å². The molecule has 2 rings (SSSR count). The van der Waals surface area contributed by atoms with E-state index < -0.39 is 29.9 Å². The van der Waals surface area contributed by atoms with E-state index >= 15 is 0 Å². The van der Waals surface area contributed by atoms with E-state index in [4.69, 9.17) is 0 Å². The first-order valence-corrected chi connectivity index (χ1v) is 8.74. The van der Waals surface area contributed by atoms with E-state index in [-0.39, 0.29) is 5.69 Å². The molecule has 2 amide bonds. The molecule has 0 aliphatic heterocycles. The van der Waals surface area contributed by atoms with Crippen molar-refractivity contribution in [3.63, 3.8) is 0 Å². The molecule has 2 aromatic carbocycles. The second kappa shape index (κ2) is 9.12. The third-order valence-corrected chi connectivity index (χ3v) is 4.14. The lowest BCUT2D eigenvalue weighted by molar-refractivity contribution is -0.123. The maximum absolute atomic E-state index is 13.6. The Balaban J connectivity index is 1.97. The number of rotatable bonds is 7. The van der Waals surface area contributed by atoms with Crippen molar-refractivity contribution in [2.24, 2.45) is 0 Å². The second-order valence-corrected chi connectivity index (χ2v) is 6.07. The number of nitrogens with one attached hydrogen (secondary N) is 2. The molecule has 0 atom stereocenters. The quantitative estimate of drug-likeness (QED) is 0.717. The number of anilines is 3. The van der Waals surface area contributed by atoms with Crippen LogP contribution >= 0.6 is 0 Å². The highest BCUT2D eigenvalue weighted by atomic mass is 19.1. The van der Waals surface area contributed by atoms with Crippen molar-refractivity contribution in [3.05, 3.63) is 53.6 Å². The number of benzene rings is 2. The van der Waals surface area contributed by atoms with Crippen LogP contribution in [-0.4, -0.2) is 24.9 Å². The van der Waals surface area contributed by atoms with Crippen LogP contribution in [-0.2, 0) is 9.59 Å². The highest BCUT2D eigenvalue weighted by Crippen LogP contribution is 2.23. The van der Waals surface area contributed by atoms with Crippen LogP contribution < -0.4 is 15.5 Å². The highest BCUT2D eigenvalue weighted by Gasteiger charge is 2.14. The number of amides is 2. The van der Waals surface area contributed by atoms with E-state index in [1.165, 1.54) is 0 Å². The van der Waals surface area contributed by atoms with E-state index in [0.29, 0.717) is 11.8 Å². The molecular formula is C20H23F2N3O2. The minimum absolute atomic E-state index is 0.172. The number of hydrogen-bond donors (Lipinski definition) is 2. The summed E-state index contributed by atoms with van der Waals surface area (Å²) in [5, 5.41) is 4.94. The molecular weight excluding hydrogens is 352 g/mol. The van der Waals surface area contributed by atoms with Gasteiger partial charge in [0.1, 0.15) is 18.1 Å². The Morgan fingerprint density at radius 1 is 0.926 bits per heavy atom. The lowest BCUT2D eigenvalue weighted by Crippen LogP contribution is -2.23. The molecule has 7 heteroatoms. The molecule has 0 fully saturated rings. The Morgan fingerprint density at radius 3 is 2.07 bits per heavy atom. The van der Waals surface area contributed by atoms with Crippen LogP contribution in [0.2, 0.25) is 0 Å². The van der Waals surface area contributed by atoms with Gasteiger partial charge in [0, 0.05) is 30.5 Å². The zero-order valence-electron chi connectivity index (χ0n) is 15.6. The molecule has 2 N–H and O–H groups in total. The molecule has 0 aliphatic rings. The van der Waals surface area contributed by atoms with Crippen molar-refractivity contribution < 1.29 is 18.4 Å². The van der Waals surface area contributed by atoms with Gasteiger partial charge in [0.15, 0.2) is 0 Å². The number of nitrogens with zero attached hydrogens (tertiary/aromatic N) is 1. The molecule has 0 bridgehead atoms. The average molecular weight is 375 g/mol. The predicted octanol–water partition coefficient (Wildman–Crippen LogP) is 4.09. The molecule has 0 heterocycles. The van der Waals surface area contributed by atoms with Crippen LogP contribution in [0.5, 0.6) is 0 Å². The SMILES string of the molecule is CCN(CC)c1ccc(NC(=O)CC(=O)Nc2ccc(F)cc2F)c(C)c1. The molecule has 0 aliphatic carbocycles. The normalized spacial score (nSPS) is 10.4. The van der Waals surface area contributed by atoms with Crippen molar-refractivity contribution in [1.29, 1.82) is 0 Å². The van der Waals surface area contributed by atoms with Gasteiger partial charge in [0.25, 0.3) is 0 Å². The monoisotopic (exact) mass is 375 g/mol. The maximum atomic E-state index is 13.6. The van der Waals surface area contributed by atoms with Gasteiger partial charge in [-0.1, -0.05) is 0 Å². The number of halogens is 2. The number of hydrogen-bond acceptors (Lipinski definition) is 3. The van der Waals surface area contributed by atoms with E-state index in [1.54, 1.807) is 6.07 Å². The van der Waals surface area contributed by atoms with Crippen LogP contribution in [0.3, 0.4) is 0 Å². The number of aryl methyl sites for hydroxylation is 1. The molecule has 27 heavy (non-hydrogen) atoms. The lowest BCUT2D eigenvalue weighted by Gasteiger charge is -2.22. The van der Waals surface area contributed by atoms with E-state index in [9.17, 15) is 18.4 Å². The van der Waals surface area contributed by atoms with Gasteiger partial charge in [-0.15, -0.1) is 0 Å². The van der Waals surface area contributed by atoms with Crippen molar-refractivity contribution in [3.8, 4) is 0 Å². The smallest absolute Gasteiger partial charge is 0.233 e. The minimum Gasteiger partial charge on any atom is -0.372 e. The Hall–Kier alpha value is -2.96. The number of carbonyl (C=O) groups excluding carboxylic acids is 2. The Labute approximate surface area is 157 Å². The Bertz CT molecular complexity index is 836. The molecule has 0 saturated carbocycles. The van der Waals surface area contributed by atoms with Crippen molar-refractivity contribution in [2.75, 3.05) is 28.6 Å². The zero-order valence-corrected chi connectivity index (χ0v) is 15.6. The van der Waals surface area contributed by atoms with Gasteiger partial charge >= 0.3 is 0 Å². The van der Waals surface area contributed by atoms with Gasteiger partial charge in [-0.25, -0.2) is 8.78 Å². The molecule has 5 nitrogen and oxygen atoms in total. The maximum Gasteiger partial charge on any atom is 0.233 e. The van der Waals surface area contributed by atoms with Crippen LogP contribution in [0, 0.1) is 18.6 Å². The van der Waals surface area contributed by atoms with Gasteiger partial charge in [-0.3, -0.25) is 9.59 Å². The fraction of sp³-hybridized carbons (Fsp3) is 0.300.